The van der Waals surface area contributed by atoms with Gasteiger partial charge in [-0.1, -0.05) is 0 Å². The molecule has 8 heteroatoms. The molecule has 0 unspecified atom stereocenters. The predicted octanol–water partition coefficient (Wildman–Crippen LogP) is 3.34. The van der Waals surface area contributed by atoms with E-state index in [1.165, 1.54) is 6.20 Å². The molecule has 0 spiro atoms. The average molecular weight is 411 g/mol. The maximum Gasteiger partial charge on any atom is 0.229 e. The van der Waals surface area contributed by atoms with Crippen LogP contribution in [0.15, 0.2) is 36.8 Å². The molecule has 1 fully saturated rings. The van der Waals surface area contributed by atoms with E-state index in [-0.39, 0.29) is 11.9 Å². The molecular weight excluding hydrogens is 385 g/mol. The van der Waals surface area contributed by atoms with Crippen LogP contribution in [0.4, 0.5) is 16.0 Å². The molecule has 3 heterocycles. The lowest BCUT2D eigenvalue weighted by Crippen LogP contribution is -2.21. The van der Waals surface area contributed by atoms with Gasteiger partial charge >= 0.3 is 0 Å². The van der Waals surface area contributed by atoms with Gasteiger partial charge in [0.25, 0.3) is 0 Å². The van der Waals surface area contributed by atoms with Crippen LogP contribution in [-0.2, 0) is 6.54 Å². The van der Waals surface area contributed by atoms with Gasteiger partial charge in [0.15, 0.2) is 11.6 Å². The number of β-amino-alcohol motifs (C(OH)–C–C–N with tert-alkyl or cyclic N) is 1. The topological polar surface area (TPSA) is 75.4 Å². The zero-order chi connectivity index (χ0) is 21.3. The van der Waals surface area contributed by atoms with E-state index in [4.69, 9.17) is 4.74 Å². The Balaban J connectivity index is 1.58. The first-order valence-electron chi connectivity index (χ1n) is 9.95. The fraction of sp³-hybridized carbons (Fsp3) is 0.364. The molecule has 158 valence electrons. The Kier molecular flexibility index (Phi) is 5.69. The molecule has 7 nitrogen and oxygen atoms in total. The predicted molar refractivity (Wildman–Crippen MR) is 113 cm³/mol. The highest BCUT2D eigenvalue weighted by atomic mass is 19.1. The lowest BCUT2D eigenvalue weighted by Gasteiger charge is -2.14. The second kappa shape index (κ2) is 8.41. The quantitative estimate of drug-likeness (QED) is 0.648. The number of benzene rings is 1. The van der Waals surface area contributed by atoms with Crippen LogP contribution in [0.1, 0.15) is 23.1 Å². The number of halogens is 1. The standard InChI is InChI=1S/C22H26FN5O2/c1-14-6-17(8-19(7-14)30-3)25-22-24-9-20(23)21(26-22)28-10-15(2)16(12-28)11-27-5-4-18(29)13-27/h6-10,12,18,29H,4-5,11,13H2,1-3H3,(H,24,25,26)/t18-/m1/s1. The van der Waals surface area contributed by atoms with E-state index >= 15 is 0 Å². The van der Waals surface area contributed by atoms with Gasteiger partial charge < -0.3 is 19.7 Å². The van der Waals surface area contributed by atoms with Crippen molar-refractivity contribution < 1.29 is 14.2 Å². The third-order valence-corrected chi connectivity index (χ3v) is 5.29. The minimum Gasteiger partial charge on any atom is -0.497 e. The molecule has 3 aromatic rings. The number of anilines is 2. The van der Waals surface area contributed by atoms with E-state index in [1.807, 2.05) is 44.4 Å². The van der Waals surface area contributed by atoms with Crippen molar-refractivity contribution in [2.24, 2.45) is 0 Å². The Bertz CT molecular complexity index is 1050. The molecule has 2 N–H and O–H groups in total. The lowest BCUT2D eigenvalue weighted by atomic mass is 10.2. The smallest absolute Gasteiger partial charge is 0.229 e. The summed E-state index contributed by atoms with van der Waals surface area (Å²) in [6.45, 7) is 6.21. The van der Waals surface area contributed by atoms with E-state index in [9.17, 15) is 9.50 Å². The summed E-state index contributed by atoms with van der Waals surface area (Å²) in [7, 11) is 1.61. The number of likely N-dealkylation sites (tertiary alicyclic amines) is 1. The Morgan fingerprint density at radius 2 is 2.10 bits per heavy atom. The fourth-order valence-corrected chi connectivity index (χ4v) is 3.75. The number of ether oxygens (including phenoxy) is 1. The van der Waals surface area contributed by atoms with Crippen molar-refractivity contribution in [3.8, 4) is 11.6 Å². The van der Waals surface area contributed by atoms with Crippen molar-refractivity contribution in [1.29, 1.82) is 0 Å². The first kappa shape index (κ1) is 20.3. The number of rotatable bonds is 6. The van der Waals surface area contributed by atoms with E-state index in [2.05, 4.69) is 20.2 Å². The van der Waals surface area contributed by atoms with Crippen LogP contribution < -0.4 is 10.1 Å². The number of hydrogen-bond acceptors (Lipinski definition) is 6. The Morgan fingerprint density at radius 3 is 2.83 bits per heavy atom. The molecule has 2 aromatic heterocycles. The van der Waals surface area contributed by atoms with Crippen molar-refractivity contribution in [3.05, 3.63) is 59.3 Å². The molecule has 1 saturated heterocycles. The largest absolute Gasteiger partial charge is 0.497 e. The first-order valence-corrected chi connectivity index (χ1v) is 9.95. The number of methoxy groups -OCH3 is 1. The minimum atomic E-state index is -0.500. The van der Waals surface area contributed by atoms with Crippen LogP contribution >= 0.6 is 0 Å². The third-order valence-electron chi connectivity index (χ3n) is 5.29. The maximum atomic E-state index is 14.5. The summed E-state index contributed by atoms with van der Waals surface area (Å²) in [6, 6.07) is 5.70. The first-order chi connectivity index (χ1) is 14.4. The van der Waals surface area contributed by atoms with E-state index in [0.29, 0.717) is 12.5 Å². The Morgan fingerprint density at radius 1 is 1.27 bits per heavy atom. The summed E-state index contributed by atoms with van der Waals surface area (Å²) in [5, 5.41) is 12.9. The number of aliphatic hydroxyl groups is 1. The molecule has 0 bridgehead atoms. The lowest BCUT2D eigenvalue weighted by molar-refractivity contribution is 0.174. The normalized spacial score (nSPS) is 16.8. The van der Waals surface area contributed by atoms with Gasteiger partial charge in [-0.3, -0.25) is 4.90 Å². The zero-order valence-electron chi connectivity index (χ0n) is 17.4. The van der Waals surface area contributed by atoms with E-state index < -0.39 is 5.82 Å². The van der Waals surface area contributed by atoms with Gasteiger partial charge in [0.05, 0.1) is 19.4 Å². The average Bonchev–Trinajstić information content (AvgIpc) is 3.28. The maximum absolute atomic E-state index is 14.5. The third kappa shape index (κ3) is 4.44. The van der Waals surface area contributed by atoms with Gasteiger partial charge in [0, 0.05) is 43.8 Å². The van der Waals surface area contributed by atoms with Crippen molar-refractivity contribution >= 4 is 11.6 Å². The molecule has 1 aliphatic heterocycles. The molecule has 0 amide bonds. The number of nitrogens with zero attached hydrogens (tertiary/aromatic N) is 4. The molecule has 0 radical (unpaired) electrons. The Labute approximate surface area is 175 Å². The van der Waals surface area contributed by atoms with Gasteiger partial charge in [0.1, 0.15) is 5.75 Å². The highest BCUT2D eigenvalue weighted by molar-refractivity contribution is 5.58. The van der Waals surface area contributed by atoms with Crippen LogP contribution in [0.25, 0.3) is 5.82 Å². The van der Waals surface area contributed by atoms with Gasteiger partial charge in [-0.05, 0) is 49.1 Å². The second-order valence-corrected chi connectivity index (χ2v) is 7.78. The number of aliphatic hydroxyl groups excluding tert-OH is 1. The molecule has 1 aliphatic rings. The van der Waals surface area contributed by atoms with Crippen LogP contribution in [0.2, 0.25) is 0 Å². The molecule has 30 heavy (non-hydrogen) atoms. The highest BCUT2D eigenvalue weighted by Crippen LogP contribution is 2.24. The summed E-state index contributed by atoms with van der Waals surface area (Å²) < 4.78 is 21.5. The van der Waals surface area contributed by atoms with E-state index in [1.54, 1.807) is 11.7 Å². The number of hydrogen-bond donors (Lipinski definition) is 2. The van der Waals surface area contributed by atoms with E-state index in [0.717, 1.165) is 47.6 Å². The molecular formula is C22H26FN5O2. The molecule has 1 aromatic carbocycles. The summed E-state index contributed by atoms with van der Waals surface area (Å²) in [5.41, 5.74) is 3.92. The van der Waals surface area contributed by atoms with Crippen LogP contribution in [-0.4, -0.2) is 50.8 Å². The van der Waals surface area contributed by atoms with Gasteiger partial charge in [-0.2, -0.15) is 4.98 Å². The summed E-state index contributed by atoms with van der Waals surface area (Å²) in [4.78, 5) is 10.7. The molecule has 0 aliphatic carbocycles. The fourth-order valence-electron chi connectivity index (χ4n) is 3.75. The number of aryl methyl sites for hydroxylation is 2. The number of aromatic nitrogens is 3. The zero-order valence-corrected chi connectivity index (χ0v) is 17.4. The SMILES string of the molecule is COc1cc(C)cc(Nc2ncc(F)c(-n3cc(C)c(CN4CC[C@@H](O)C4)c3)n2)c1. The summed E-state index contributed by atoms with van der Waals surface area (Å²) in [6.07, 6.45) is 5.46. The monoisotopic (exact) mass is 411 g/mol. The minimum absolute atomic E-state index is 0.183. The summed E-state index contributed by atoms with van der Waals surface area (Å²) in [5.74, 6) is 0.704. The molecule has 4 rings (SSSR count). The van der Waals surface area contributed by atoms with Crippen LogP contribution in [0, 0.1) is 19.7 Å². The molecule has 0 saturated carbocycles. The summed E-state index contributed by atoms with van der Waals surface area (Å²) >= 11 is 0. The van der Waals surface area contributed by atoms with Crippen molar-refractivity contribution in [2.75, 3.05) is 25.5 Å². The van der Waals surface area contributed by atoms with Gasteiger partial charge in [0.2, 0.25) is 5.95 Å². The highest BCUT2D eigenvalue weighted by Gasteiger charge is 2.21. The van der Waals surface area contributed by atoms with Crippen molar-refractivity contribution in [3.63, 3.8) is 0 Å². The van der Waals surface area contributed by atoms with Crippen molar-refractivity contribution in [1.82, 2.24) is 19.4 Å². The molecule has 1 atom stereocenters. The van der Waals surface area contributed by atoms with Gasteiger partial charge in [-0.25, -0.2) is 9.37 Å². The Hall–Kier alpha value is -2.97. The van der Waals surface area contributed by atoms with Crippen LogP contribution in [0.3, 0.4) is 0 Å². The number of nitrogens with one attached hydrogen (secondary N) is 1. The van der Waals surface area contributed by atoms with Crippen molar-refractivity contribution in [2.45, 2.75) is 32.9 Å². The van der Waals surface area contributed by atoms with Gasteiger partial charge in [-0.15, -0.1) is 0 Å². The van der Waals surface area contributed by atoms with Crippen LogP contribution in [0.5, 0.6) is 5.75 Å². The second-order valence-electron chi connectivity index (χ2n) is 7.78.